The van der Waals surface area contributed by atoms with E-state index in [1.807, 2.05) is 29.6 Å². The third-order valence-corrected chi connectivity index (χ3v) is 8.52. The van der Waals surface area contributed by atoms with E-state index in [9.17, 15) is 13.2 Å². The number of benzene rings is 2. The maximum absolute atomic E-state index is 13.8. The van der Waals surface area contributed by atoms with Crippen LogP contribution in [0.2, 0.25) is 0 Å². The summed E-state index contributed by atoms with van der Waals surface area (Å²) >= 11 is 1.51. The van der Waals surface area contributed by atoms with Crippen LogP contribution in [0.3, 0.4) is 0 Å². The number of hydrogen-bond donors (Lipinski definition) is 2. The van der Waals surface area contributed by atoms with E-state index in [0.29, 0.717) is 35.5 Å². The molecule has 0 fully saturated rings. The smallest absolute Gasteiger partial charge is 0.323 e. The zero-order valence-electron chi connectivity index (χ0n) is 17.4. The number of ether oxygens (including phenoxy) is 2. The van der Waals surface area contributed by atoms with Gasteiger partial charge in [0.1, 0.15) is 0 Å². The van der Waals surface area contributed by atoms with Gasteiger partial charge in [-0.3, -0.25) is 0 Å². The first-order chi connectivity index (χ1) is 15.4. The molecule has 5 rings (SSSR count). The normalized spacial score (nSPS) is 16.8. The van der Waals surface area contributed by atoms with Crippen molar-refractivity contribution in [1.29, 1.82) is 0 Å². The first-order valence-corrected chi connectivity index (χ1v) is 12.3. The van der Waals surface area contributed by atoms with Gasteiger partial charge in [-0.2, -0.15) is 4.31 Å². The summed E-state index contributed by atoms with van der Waals surface area (Å²) in [6.45, 7) is 0.315. The van der Waals surface area contributed by atoms with Crippen LogP contribution < -0.4 is 15.2 Å². The minimum absolute atomic E-state index is 0.130. The van der Waals surface area contributed by atoms with Gasteiger partial charge in [0.25, 0.3) is 0 Å². The van der Waals surface area contributed by atoms with Gasteiger partial charge in [-0.25, -0.2) is 13.2 Å². The predicted octanol–water partition coefficient (Wildman–Crippen LogP) is 3.27. The molecule has 0 bridgehead atoms. The molecule has 0 unspecified atom stereocenters. The molecule has 0 saturated heterocycles. The Kier molecular flexibility index (Phi) is 5.07. The molecular formula is C22H21N3O5S2. The monoisotopic (exact) mass is 471 g/mol. The maximum Gasteiger partial charge on any atom is 0.323 e. The fourth-order valence-corrected chi connectivity index (χ4v) is 6.77. The molecule has 10 heteroatoms. The molecule has 0 saturated carbocycles. The number of H-pyrrole nitrogens is 2. The van der Waals surface area contributed by atoms with E-state index in [1.54, 1.807) is 20.3 Å². The second kappa shape index (κ2) is 7.80. The van der Waals surface area contributed by atoms with Crippen LogP contribution in [0.25, 0.3) is 11.0 Å². The van der Waals surface area contributed by atoms with Crippen LogP contribution in [0.15, 0.2) is 57.5 Å². The average Bonchev–Trinajstić information content (AvgIpc) is 3.45. The summed E-state index contributed by atoms with van der Waals surface area (Å²) < 4.78 is 40.1. The lowest BCUT2D eigenvalue weighted by Gasteiger charge is -2.36. The summed E-state index contributed by atoms with van der Waals surface area (Å²) in [6.07, 6.45) is 0.542. The fourth-order valence-electron chi connectivity index (χ4n) is 4.23. The van der Waals surface area contributed by atoms with Gasteiger partial charge in [-0.15, -0.1) is 11.3 Å². The van der Waals surface area contributed by atoms with Gasteiger partial charge < -0.3 is 19.4 Å². The lowest BCUT2D eigenvalue weighted by atomic mass is 9.92. The van der Waals surface area contributed by atoms with Crippen molar-refractivity contribution in [3.05, 3.63) is 74.3 Å². The number of aromatic amines is 2. The molecular weight excluding hydrogens is 450 g/mol. The Hall–Kier alpha value is -3.08. The Morgan fingerprint density at radius 1 is 1.03 bits per heavy atom. The molecule has 2 N–H and O–H groups in total. The highest BCUT2D eigenvalue weighted by Crippen LogP contribution is 2.44. The fraction of sp³-hybridized carbons (Fsp3) is 0.227. The Balaban J connectivity index is 1.66. The van der Waals surface area contributed by atoms with Gasteiger partial charge in [0.05, 0.1) is 36.2 Å². The molecule has 8 nitrogen and oxygen atoms in total. The third-order valence-electron chi connectivity index (χ3n) is 5.74. The largest absolute Gasteiger partial charge is 0.493 e. The van der Waals surface area contributed by atoms with Crippen molar-refractivity contribution in [2.24, 2.45) is 0 Å². The van der Waals surface area contributed by atoms with Crippen LogP contribution in [0, 0.1) is 0 Å². The van der Waals surface area contributed by atoms with Crippen molar-refractivity contribution < 1.29 is 17.9 Å². The van der Waals surface area contributed by atoms with Crippen molar-refractivity contribution in [3.8, 4) is 11.5 Å². The highest BCUT2D eigenvalue weighted by atomic mass is 32.2. The average molecular weight is 472 g/mol. The number of rotatable bonds is 5. The summed E-state index contributed by atoms with van der Waals surface area (Å²) in [5, 5.41) is 1.94. The number of nitrogens with zero attached hydrogens (tertiary/aromatic N) is 1. The third kappa shape index (κ3) is 3.31. The van der Waals surface area contributed by atoms with Gasteiger partial charge >= 0.3 is 5.69 Å². The Morgan fingerprint density at radius 2 is 1.78 bits per heavy atom. The number of fused-ring (bicyclic) bond motifs is 2. The number of hydrogen-bond acceptors (Lipinski definition) is 6. The molecule has 166 valence electrons. The van der Waals surface area contributed by atoms with Crippen molar-refractivity contribution in [3.63, 3.8) is 0 Å². The highest BCUT2D eigenvalue weighted by Gasteiger charge is 2.39. The van der Waals surface area contributed by atoms with Crippen molar-refractivity contribution in [1.82, 2.24) is 14.3 Å². The summed E-state index contributed by atoms with van der Waals surface area (Å²) in [5.41, 5.74) is 2.53. The summed E-state index contributed by atoms with van der Waals surface area (Å²) in [5.74, 6) is 1.17. The van der Waals surface area contributed by atoms with E-state index in [2.05, 4.69) is 9.97 Å². The molecule has 0 radical (unpaired) electrons. The van der Waals surface area contributed by atoms with E-state index in [1.165, 1.54) is 27.8 Å². The van der Waals surface area contributed by atoms with Gasteiger partial charge in [0.15, 0.2) is 11.5 Å². The van der Waals surface area contributed by atoms with Crippen LogP contribution in [-0.4, -0.2) is 43.5 Å². The number of nitrogens with one attached hydrogen (secondary N) is 2. The molecule has 2 aromatic heterocycles. The Bertz CT molecular complexity index is 1450. The number of methoxy groups -OCH3 is 2. The zero-order chi connectivity index (χ0) is 22.5. The van der Waals surface area contributed by atoms with E-state index >= 15 is 0 Å². The van der Waals surface area contributed by atoms with Crippen LogP contribution >= 0.6 is 11.3 Å². The van der Waals surface area contributed by atoms with Crippen molar-refractivity contribution in [2.75, 3.05) is 20.8 Å². The van der Waals surface area contributed by atoms with E-state index < -0.39 is 16.1 Å². The van der Waals surface area contributed by atoms with E-state index in [0.717, 1.165) is 16.0 Å². The second-order valence-electron chi connectivity index (χ2n) is 7.48. The van der Waals surface area contributed by atoms with E-state index in [4.69, 9.17) is 9.47 Å². The SMILES string of the molecule is COc1cc2c(cc1OC)[C@H](c1cccs1)N(S(=O)(=O)c1ccc3[nH]c(=O)[nH]c3c1)CC2. The number of thiophene rings is 1. The van der Waals surface area contributed by atoms with Crippen molar-refractivity contribution in [2.45, 2.75) is 17.4 Å². The second-order valence-corrected chi connectivity index (χ2v) is 10.3. The summed E-state index contributed by atoms with van der Waals surface area (Å²) in [4.78, 5) is 17.9. The molecule has 1 aliphatic rings. The quantitative estimate of drug-likeness (QED) is 0.465. The zero-order valence-corrected chi connectivity index (χ0v) is 19.0. The molecule has 0 amide bonds. The molecule has 0 spiro atoms. The molecule has 4 aromatic rings. The molecule has 1 aliphatic heterocycles. The Labute approximate surface area is 188 Å². The molecule has 0 aliphatic carbocycles. The van der Waals surface area contributed by atoms with Gasteiger partial charge in [-0.05, 0) is 59.3 Å². The highest BCUT2D eigenvalue weighted by molar-refractivity contribution is 7.89. The van der Waals surface area contributed by atoms with Crippen LogP contribution in [0.5, 0.6) is 11.5 Å². The minimum Gasteiger partial charge on any atom is -0.493 e. The molecule has 3 heterocycles. The number of imidazole rings is 1. The van der Waals surface area contributed by atoms with Crippen molar-refractivity contribution >= 4 is 32.4 Å². The number of sulfonamides is 1. The standard InChI is InChI=1S/C22H21N3O5S2/c1-29-18-10-13-7-8-25(21(20-4-3-9-31-20)15(13)12-19(18)30-2)32(27,28)14-5-6-16-17(11-14)24-22(26)23-16/h3-6,9-12,21H,7-8H2,1-2H3,(H2,23,24,26)/t21-/m1/s1. The van der Waals surface area contributed by atoms with Crippen LogP contribution in [-0.2, 0) is 16.4 Å². The lowest BCUT2D eigenvalue weighted by molar-refractivity contribution is 0.334. The predicted molar refractivity (Wildman–Crippen MR) is 122 cm³/mol. The van der Waals surface area contributed by atoms with Gasteiger partial charge in [0, 0.05) is 11.4 Å². The van der Waals surface area contributed by atoms with Gasteiger partial charge in [0.2, 0.25) is 10.0 Å². The topological polar surface area (TPSA) is 104 Å². The Morgan fingerprint density at radius 3 is 2.50 bits per heavy atom. The van der Waals surface area contributed by atoms with E-state index in [-0.39, 0.29) is 10.6 Å². The number of aromatic nitrogens is 2. The molecule has 1 atom stereocenters. The van der Waals surface area contributed by atoms with Gasteiger partial charge in [-0.1, -0.05) is 6.07 Å². The first-order valence-electron chi connectivity index (χ1n) is 9.94. The molecule has 32 heavy (non-hydrogen) atoms. The summed E-state index contributed by atoms with van der Waals surface area (Å²) in [6, 6.07) is 11.8. The van der Waals surface area contributed by atoms with Crippen LogP contribution in [0.4, 0.5) is 0 Å². The first kappa shape index (κ1) is 20.8. The van der Waals surface area contributed by atoms with Crippen LogP contribution in [0.1, 0.15) is 22.0 Å². The minimum atomic E-state index is -3.87. The maximum atomic E-state index is 13.8. The lowest BCUT2D eigenvalue weighted by Crippen LogP contribution is -2.40. The molecule has 2 aromatic carbocycles. The summed E-state index contributed by atoms with van der Waals surface area (Å²) in [7, 11) is -0.716.